The number of methoxy groups -OCH3 is 2. The van der Waals surface area contributed by atoms with Crippen molar-refractivity contribution in [1.82, 2.24) is 20.2 Å². The van der Waals surface area contributed by atoms with Crippen LogP contribution in [0.3, 0.4) is 0 Å². The normalized spacial score (nSPS) is 10.8. The van der Waals surface area contributed by atoms with Crippen molar-refractivity contribution in [3.05, 3.63) is 72.3 Å². The molecule has 0 saturated heterocycles. The van der Waals surface area contributed by atoms with Gasteiger partial charge in [-0.1, -0.05) is 18.2 Å². The van der Waals surface area contributed by atoms with Crippen LogP contribution in [0.5, 0.6) is 11.5 Å². The van der Waals surface area contributed by atoms with Gasteiger partial charge in [0.05, 0.1) is 32.8 Å². The smallest absolute Gasteiger partial charge is 0.191 e. The molecule has 0 radical (unpaired) electrons. The van der Waals surface area contributed by atoms with E-state index in [1.807, 2.05) is 48.0 Å². The van der Waals surface area contributed by atoms with Crippen molar-refractivity contribution in [1.29, 1.82) is 0 Å². The molecule has 2 N–H and O–H groups in total. The van der Waals surface area contributed by atoms with Crippen LogP contribution in [0.4, 0.5) is 0 Å². The summed E-state index contributed by atoms with van der Waals surface area (Å²) in [6.07, 6.45) is 5.51. The second-order valence-corrected chi connectivity index (χ2v) is 6.33. The molecular formula is C22H28IN5O2. The van der Waals surface area contributed by atoms with E-state index >= 15 is 0 Å². The van der Waals surface area contributed by atoms with Crippen LogP contribution in [-0.2, 0) is 13.1 Å². The van der Waals surface area contributed by atoms with E-state index in [0.29, 0.717) is 13.1 Å². The van der Waals surface area contributed by atoms with E-state index in [0.717, 1.165) is 40.8 Å². The maximum Gasteiger partial charge on any atom is 0.191 e. The highest BCUT2D eigenvalue weighted by Gasteiger charge is 2.07. The van der Waals surface area contributed by atoms with E-state index in [4.69, 9.17) is 14.5 Å². The number of nitrogens with zero attached hydrogens (tertiary/aromatic N) is 3. The number of rotatable bonds is 8. The molecule has 0 aliphatic heterocycles. The number of hydrogen-bond acceptors (Lipinski definition) is 4. The van der Waals surface area contributed by atoms with Crippen LogP contribution in [0.2, 0.25) is 0 Å². The van der Waals surface area contributed by atoms with Crippen molar-refractivity contribution in [3.63, 3.8) is 0 Å². The Hall–Kier alpha value is -2.75. The van der Waals surface area contributed by atoms with Gasteiger partial charge in [-0.25, -0.2) is 9.98 Å². The molecule has 8 heteroatoms. The topological polar surface area (TPSA) is 72.7 Å². The number of aromatic nitrogens is 2. The third kappa shape index (κ3) is 6.12. The zero-order chi connectivity index (χ0) is 20.5. The Morgan fingerprint density at radius 2 is 1.90 bits per heavy atom. The first-order valence-corrected chi connectivity index (χ1v) is 9.54. The molecule has 3 aromatic rings. The summed E-state index contributed by atoms with van der Waals surface area (Å²) >= 11 is 0. The standard InChI is InChI=1S/C22H27N5O2.HI/c1-4-24-22(26-15-18-9-10-19(28-2)13-21(18)29-3)25-14-17-7-5-6-8-20(17)27-12-11-23-16-27;/h5-13,16H,4,14-15H2,1-3H3,(H2,24,25,26);1H. The van der Waals surface area contributed by atoms with Crippen molar-refractivity contribution in [2.24, 2.45) is 4.99 Å². The first-order chi connectivity index (χ1) is 14.2. The van der Waals surface area contributed by atoms with Gasteiger partial charge < -0.3 is 24.7 Å². The fourth-order valence-electron chi connectivity index (χ4n) is 2.98. The van der Waals surface area contributed by atoms with Crippen LogP contribution in [0.15, 0.2) is 66.2 Å². The third-order valence-electron chi connectivity index (χ3n) is 4.47. The first-order valence-electron chi connectivity index (χ1n) is 9.54. The number of benzene rings is 2. The molecule has 3 rings (SSSR count). The van der Waals surface area contributed by atoms with Crippen LogP contribution >= 0.6 is 24.0 Å². The Bertz CT molecular complexity index is 944. The Balaban J connectivity index is 0.00000320. The fourth-order valence-corrected chi connectivity index (χ4v) is 2.98. The van der Waals surface area contributed by atoms with Crippen molar-refractivity contribution < 1.29 is 9.47 Å². The number of guanidine groups is 1. The summed E-state index contributed by atoms with van der Waals surface area (Å²) in [5.41, 5.74) is 3.23. The van der Waals surface area contributed by atoms with Gasteiger partial charge in [0.2, 0.25) is 0 Å². The van der Waals surface area contributed by atoms with Crippen molar-refractivity contribution >= 4 is 29.9 Å². The van der Waals surface area contributed by atoms with Crippen molar-refractivity contribution in [2.75, 3.05) is 20.8 Å². The molecule has 0 fully saturated rings. The zero-order valence-electron chi connectivity index (χ0n) is 17.5. The summed E-state index contributed by atoms with van der Waals surface area (Å²) in [7, 11) is 3.29. The van der Waals surface area contributed by atoms with Crippen LogP contribution in [0.25, 0.3) is 5.69 Å². The molecule has 1 aromatic heterocycles. The van der Waals surface area contributed by atoms with E-state index < -0.39 is 0 Å². The second kappa shape index (κ2) is 12.1. The molecular weight excluding hydrogens is 493 g/mol. The van der Waals surface area contributed by atoms with Gasteiger partial charge in [-0.15, -0.1) is 24.0 Å². The minimum atomic E-state index is 0. The number of aliphatic imine (C=N–C) groups is 1. The van der Waals surface area contributed by atoms with Crippen LogP contribution in [0, 0.1) is 0 Å². The molecule has 0 aliphatic carbocycles. The molecule has 30 heavy (non-hydrogen) atoms. The van der Waals surface area contributed by atoms with E-state index in [-0.39, 0.29) is 24.0 Å². The summed E-state index contributed by atoms with van der Waals surface area (Å²) in [6.45, 7) is 3.95. The van der Waals surface area contributed by atoms with E-state index in [1.165, 1.54) is 0 Å². The SMILES string of the molecule is CCNC(=NCc1ccc(OC)cc1OC)NCc1ccccc1-n1ccnc1.I. The Kier molecular flexibility index (Phi) is 9.46. The molecule has 0 spiro atoms. The lowest BCUT2D eigenvalue weighted by Gasteiger charge is -2.15. The number of imidazole rings is 1. The molecule has 0 atom stereocenters. The molecule has 0 unspecified atom stereocenters. The molecule has 0 amide bonds. The van der Waals surface area contributed by atoms with Crippen molar-refractivity contribution in [2.45, 2.75) is 20.0 Å². The van der Waals surface area contributed by atoms with E-state index in [2.05, 4.69) is 27.8 Å². The molecule has 0 aliphatic rings. The van der Waals surface area contributed by atoms with E-state index in [1.54, 1.807) is 26.7 Å². The highest BCUT2D eigenvalue weighted by molar-refractivity contribution is 14.0. The summed E-state index contributed by atoms with van der Waals surface area (Å²) < 4.78 is 12.7. The van der Waals surface area contributed by atoms with Crippen molar-refractivity contribution in [3.8, 4) is 17.2 Å². The molecule has 0 bridgehead atoms. The first kappa shape index (κ1) is 23.5. The predicted molar refractivity (Wildman–Crippen MR) is 130 cm³/mol. The number of para-hydroxylation sites is 1. The van der Waals surface area contributed by atoms with Gasteiger partial charge in [0.1, 0.15) is 11.5 Å². The largest absolute Gasteiger partial charge is 0.497 e. The Morgan fingerprint density at radius 3 is 2.60 bits per heavy atom. The van der Waals surface area contributed by atoms with Gasteiger partial charge in [-0.05, 0) is 30.7 Å². The van der Waals surface area contributed by atoms with Crippen LogP contribution < -0.4 is 20.1 Å². The number of nitrogens with one attached hydrogen (secondary N) is 2. The summed E-state index contributed by atoms with van der Waals surface area (Å²) in [5.74, 6) is 2.26. The fraction of sp³-hybridized carbons (Fsp3) is 0.273. The number of ether oxygens (including phenoxy) is 2. The number of hydrogen-bond donors (Lipinski definition) is 2. The summed E-state index contributed by atoms with van der Waals surface area (Å²) in [5, 5.41) is 6.70. The summed E-state index contributed by atoms with van der Waals surface area (Å²) in [6, 6.07) is 14.0. The maximum absolute atomic E-state index is 5.47. The monoisotopic (exact) mass is 521 g/mol. The average Bonchev–Trinajstić information content (AvgIpc) is 3.30. The predicted octanol–water partition coefficient (Wildman–Crippen LogP) is 3.76. The second-order valence-electron chi connectivity index (χ2n) is 6.33. The lowest BCUT2D eigenvalue weighted by atomic mass is 10.1. The minimum absolute atomic E-state index is 0. The Morgan fingerprint density at radius 1 is 1.07 bits per heavy atom. The lowest BCUT2D eigenvalue weighted by molar-refractivity contribution is 0.391. The van der Waals surface area contributed by atoms with Gasteiger partial charge in [0.15, 0.2) is 5.96 Å². The van der Waals surface area contributed by atoms with Gasteiger partial charge in [-0.3, -0.25) is 0 Å². The molecule has 1 heterocycles. The molecule has 160 valence electrons. The zero-order valence-corrected chi connectivity index (χ0v) is 19.8. The van der Waals surface area contributed by atoms with Crippen LogP contribution in [0.1, 0.15) is 18.1 Å². The Labute approximate surface area is 194 Å². The van der Waals surface area contributed by atoms with Crippen LogP contribution in [-0.4, -0.2) is 36.3 Å². The highest BCUT2D eigenvalue weighted by Crippen LogP contribution is 2.25. The average molecular weight is 521 g/mol. The third-order valence-corrected chi connectivity index (χ3v) is 4.47. The van der Waals surface area contributed by atoms with E-state index in [9.17, 15) is 0 Å². The number of halogens is 1. The quantitative estimate of drug-likeness (QED) is 0.269. The van der Waals surface area contributed by atoms with Gasteiger partial charge in [-0.2, -0.15) is 0 Å². The minimum Gasteiger partial charge on any atom is -0.497 e. The maximum atomic E-state index is 5.47. The molecule has 7 nitrogen and oxygen atoms in total. The molecule has 2 aromatic carbocycles. The van der Waals surface area contributed by atoms with Gasteiger partial charge in [0.25, 0.3) is 0 Å². The highest BCUT2D eigenvalue weighted by atomic mass is 127. The lowest BCUT2D eigenvalue weighted by Crippen LogP contribution is -2.37. The summed E-state index contributed by atoms with van der Waals surface area (Å²) in [4.78, 5) is 8.85. The molecule has 0 saturated carbocycles. The van der Waals surface area contributed by atoms with Gasteiger partial charge in [0, 0.05) is 37.1 Å². The van der Waals surface area contributed by atoms with Gasteiger partial charge >= 0.3 is 0 Å².